The van der Waals surface area contributed by atoms with Gasteiger partial charge < -0.3 is 10.6 Å². The van der Waals surface area contributed by atoms with E-state index in [0.717, 1.165) is 30.1 Å². The number of para-hydroxylation sites is 1. The van der Waals surface area contributed by atoms with E-state index in [4.69, 9.17) is 5.73 Å². The lowest BCUT2D eigenvalue weighted by Gasteiger charge is -2.30. The zero-order valence-electron chi connectivity index (χ0n) is 14.6. The fourth-order valence-electron chi connectivity index (χ4n) is 4.36. The summed E-state index contributed by atoms with van der Waals surface area (Å²) in [7, 11) is 0. The predicted molar refractivity (Wildman–Crippen MR) is 102 cm³/mol. The largest absolute Gasteiger partial charge is 0.399 e. The molecule has 24 heavy (non-hydrogen) atoms. The monoisotopic (exact) mass is 350 g/mol. The van der Waals surface area contributed by atoms with Gasteiger partial charge in [-0.25, -0.2) is 0 Å². The zero-order chi connectivity index (χ0) is 16.1. The standard InChI is InChI=1S/C20H30N2O.ClH/c21-19-11-5-4-9-17(19)12-13-20(23)22-14-6-10-18(22)15-16-7-2-1-3-8-16;/h4-5,9,11,16,18H,1-3,6-8,10,12-15,21H2;1H. The zero-order valence-corrected chi connectivity index (χ0v) is 15.4. The number of amides is 1. The van der Waals surface area contributed by atoms with Gasteiger partial charge in [-0.2, -0.15) is 0 Å². The summed E-state index contributed by atoms with van der Waals surface area (Å²) in [4.78, 5) is 14.8. The number of hydrogen-bond acceptors (Lipinski definition) is 2. The number of aryl methyl sites for hydroxylation is 1. The Morgan fingerprint density at radius 3 is 2.58 bits per heavy atom. The Kier molecular flexibility index (Phi) is 7.41. The lowest BCUT2D eigenvalue weighted by atomic mass is 9.84. The van der Waals surface area contributed by atoms with Crippen molar-refractivity contribution in [2.75, 3.05) is 12.3 Å². The molecule has 0 bridgehead atoms. The van der Waals surface area contributed by atoms with Crippen molar-refractivity contribution in [1.82, 2.24) is 4.90 Å². The van der Waals surface area contributed by atoms with Crippen LogP contribution < -0.4 is 5.73 Å². The van der Waals surface area contributed by atoms with E-state index in [1.165, 1.54) is 51.4 Å². The third-order valence-corrected chi connectivity index (χ3v) is 5.69. The molecule has 0 aromatic heterocycles. The summed E-state index contributed by atoms with van der Waals surface area (Å²) in [5.74, 6) is 1.18. The van der Waals surface area contributed by atoms with Gasteiger partial charge in [0.05, 0.1) is 0 Å². The second kappa shape index (κ2) is 9.31. The fraction of sp³-hybridized carbons (Fsp3) is 0.650. The Labute approximate surface area is 152 Å². The van der Waals surface area contributed by atoms with Gasteiger partial charge in [-0.1, -0.05) is 50.3 Å². The number of nitrogens with zero attached hydrogens (tertiary/aromatic N) is 1. The van der Waals surface area contributed by atoms with Crippen molar-refractivity contribution in [2.45, 2.75) is 70.3 Å². The highest BCUT2D eigenvalue weighted by atomic mass is 35.5. The van der Waals surface area contributed by atoms with Crippen LogP contribution in [0.2, 0.25) is 0 Å². The molecule has 3 rings (SSSR count). The number of nitrogen functional groups attached to an aromatic ring is 1. The molecule has 3 nitrogen and oxygen atoms in total. The molecule has 2 aliphatic rings. The van der Waals surface area contributed by atoms with Gasteiger partial charge in [0.1, 0.15) is 0 Å². The first-order valence-electron chi connectivity index (χ1n) is 9.37. The van der Waals surface area contributed by atoms with Gasteiger partial charge in [-0.3, -0.25) is 4.79 Å². The molecule has 0 spiro atoms. The first-order chi connectivity index (χ1) is 11.2. The highest BCUT2D eigenvalue weighted by Gasteiger charge is 2.30. The number of benzene rings is 1. The Balaban J connectivity index is 0.00000208. The summed E-state index contributed by atoms with van der Waals surface area (Å²) in [5.41, 5.74) is 7.89. The van der Waals surface area contributed by atoms with Crippen LogP contribution in [0, 0.1) is 5.92 Å². The predicted octanol–water partition coefficient (Wildman–Crippen LogP) is 4.58. The minimum atomic E-state index is 0. The van der Waals surface area contributed by atoms with E-state index in [9.17, 15) is 4.79 Å². The van der Waals surface area contributed by atoms with Crippen molar-refractivity contribution in [3.63, 3.8) is 0 Å². The van der Waals surface area contributed by atoms with Crippen LogP contribution in [0.25, 0.3) is 0 Å². The molecule has 2 fully saturated rings. The van der Waals surface area contributed by atoms with Crippen LogP contribution in [0.4, 0.5) is 5.69 Å². The molecule has 1 saturated heterocycles. The Morgan fingerprint density at radius 1 is 1.08 bits per heavy atom. The topological polar surface area (TPSA) is 46.3 Å². The average Bonchev–Trinajstić information content (AvgIpc) is 3.03. The van der Waals surface area contributed by atoms with Crippen molar-refractivity contribution < 1.29 is 4.79 Å². The SMILES string of the molecule is Cl.Nc1ccccc1CCC(=O)N1CCCC1CC1CCCCC1. The van der Waals surface area contributed by atoms with Crippen LogP contribution in [0.5, 0.6) is 0 Å². The van der Waals surface area contributed by atoms with Crippen LogP contribution in [-0.4, -0.2) is 23.4 Å². The molecule has 1 heterocycles. The van der Waals surface area contributed by atoms with Crippen molar-refractivity contribution in [2.24, 2.45) is 5.92 Å². The molecule has 4 heteroatoms. The summed E-state index contributed by atoms with van der Waals surface area (Å²) in [6, 6.07) is 8.39. The maximum Gasteiger partial charge on any atom is 0.223 e. The molecule has 0 radical (unpaired) electrons. The lowest BCUT2D eigenvalue weighted by molar-refractivity contribution is -0.132. The number of halogens is 1. The molecule has 1 saturated carbocycles. The molecule has 1 aliphatic heterocycles. The van der Waals surface area contributed by atoms with Gasteiger partial charge in [0, 0.05) is 24.7 Å². The number of rotatable bonds is 5. The van der Waals surface area contributed by atoms with E-state index in [2.05, 4.69) is 4.90 Å². The first kappa shape index (κ1) is 19.1. The van der Waals surface area contributed by atoms with Gasteiger partial charge in [0.15, 0.2) is 0 Å². The number of hydrogen-bond donors (Lipinski definition) is 1. The second-order valence-electron chi connectivity index (χ2n) is 7.32. The van der Waals surface area contributed by atoms with Crippen LogP contribution in [0.15, 0.2) is 24.3 Å². The minimum absolute atomic E-state index is 0. The third kappa shape index (κ3) is 4.89. The van der Waals surface area contributed by atoms with Gasteiger partial charge in [-0.05, 0) is 43.2 Å². The number of anilines is 1. The lowest BCUT2D eigenvalue weighted by Crippen LogP contribution is -2.37. The smallest absolute Gasteiger partial charge is 0.223 e. The van der Waals surface area contributed by atoms with Crippen molar-refractivity contribution >= 4 is 24.0 Å². The quantitative estimate of drug-likeness (QED) is 0.790. The fourth-order valence-corrected chi connectivity index (χ4v) is 4.36. The second-order valence-corrected chi connectivity index (χ2v) is 7.32. The van der Waals surface area contributed by atoms with Crippen LogP contribution >= 0.6 is 12.4 Å². The summed E-state index contributed by atoms with van der Waals surface area (Å²) in [6.07, 6.45) is 11.9. The van der Waals surface area contributed by atoms with Crippen molar-refractivity contribution in [3.8, 4) is 0 Å². The average molecular weight is 351 g/mol. The van der Waals surface area contributed by atoms with Crippen molar-refractivity contribution in [3.05, 3.63) is 29.8 Å². The first-order valence-corrected chi connectivity index (χ1v) is 9.37. The highest BCUT2D eigenvalue weighted by molar-refractivity contribution is 5.85. The number of carbonyl (C=O) groups is 1. The summed E-state index contributed by atoms with van der Waals surface area (Å²) in [6.45, 7) is 0.959. The molecule has 2 N–H and O–H groups in total. The molecule has 1 aromatic rings. The summed E-state index contributed by atoms with van der Waals surface area (Å²) >= 11 is 0. The van der Waals surface area contributed by atoms with Gasteiger partial charge >= 0.3 is 0 Å². The highest BCUT2D eigenvalue weighted by Crippen LogP contribution is 2.32. The maximum atomic E-state index is 12.7. The van der Waals surface area contributed by atoms with Gasteiger partial charge in [0.2, 0.25) is 5.91 Å². The number of nitrogens with two attached hydrogens (primary N) is 1. The van der Waals surface area contributed by atoms with E-state index < -0.39 is 0 Å². The normalized spacial score (nSPS) is 21.5. The Hall–Kier alpha value is -1.22. The molecule has 1 amide bonds. The number of likely N-dealkylation sites (tertiary alicyclic amines) is 1. The van der Waals surface area contributed by atoms with E-state index >= 15 is 0 Å². The van der Waals surface area contributed by atoms with Gasteiger partial charge in [-0.15, -0.1) is 12.4 Å². The molecule has 1 unspecified atom stereocenters. The minimum Gasteiger partial charge on any atom is -0.399 e. The molecule has 1 aliphatic carbocycles. The third-order valence-electron chi connectivity index (χ3n) is 5.69. The molecule has 1 atom stereocenters. The maximum absolute atomic E-state index is 12.7. The van der Waals surface area contributed by atoms with E-state index in [1.54, 1.807) is 0 Å². The van der Waals surface area contributed by atoms with E-state index in [0.29, 0.717) is 18.4 Å². The molecular weight excluding hydrogens is 320 g/mol. The molecular formula is C20H31ClN2O. The van der Waals surface area contributed by atoms with Crippen LogP contribution in [0.1, 0.15) is 63.4 Å². The summed E-state index contributed by atoms with van der Waals surface area (Å²) in [5, 5.41) is 0. The summed E-state index contributed by atoms with van der Waals surface area (Å²) < 4.78 is 0. The van der Waals surface area contributed by atoms with Crippen LogP contribution in [0.3, 0.4) is 0 Å². The Bertz CT molecular complexity index is 528. The van der Waals surface area contributed by atoms with E-state index in [1.807, 2.05) is 24.3 Å². The van der Waals surface area contributed by atoms with Gasteiger partial charge in [0.25, 0.3) is 0 Å². The van der Waals surface area contributed by atoms with E-state index in [-0.39, 0.29) is 12.4 Å². The van der Waals surface area contributed by atoms with Crippen molar-refractivity contribution in [1.29, 1.82) is 0 Å². The van der Waals surface area contributed by atoms with Crippen LogP contribution in [-0.2, 0) is 11.2 Å². The molecule has 134 valence electrons. The Morgan fingerprint density at radius 2 is 1.83 bits per heavy atom. The number of carbonyl (C=O) groups excluding carboxylic acids is 1. The molecule has 1 aromatic carbocycles.